The Morgan fingerprint density at radius 2 is 1.60 bits per heavy atom. The van der Waals surface area contributed by atoms with Crippen LogP contribution in [-0.2, 0) is 24.2 Å². The number of aromatic nitrogens is 3. The van der Waals surface area contributed by atoms with E-state index in [2.05, 4.69) is 15.5 Å². The van der Waals surface area contributed by atoms with Crippen molar-refractivity contribution in [3.8, 4) is 0 Å². The predicted octanol–water partition coefficient (Wildman–Crippen LogP) is 2.40. The van der Waals surface area contributed by atoms with Crippen molar-refractivity contribution in [1.82, 2.24) is 19.7 Å². The fourth-order valence-electron chi connectivity index (χ4n) is 4.49. The van der Waals surface area contributed by atoms with E-state index >= 15 is 0 Å². The maximum atomic E-state index is 12.8. The minimum Gasteiger partial charge on any atom is -0.342 e. The van der Waals surface area contributed by atoms with Crippen LogP contribution >= 0.6 is 0 Å². The zero-order valence-electron chi connectivity index (χ0n) is 16.6. The summed E-state index contributed by atoms with van der Waals surface area (Å²) < 4.78 is 1.92. The van der Waals surface area contributed by atoms with E-state index in [0.717, 1.165) is 30.0 Å². The van der Waals surface area contributed by atoms with Gasteiger partial charge in [-0.1, -0.05) is 48.5 Å². The number of likely N-dealkylation sites (tertiary alicyclic amines) is 1. The first-order valence-corrected chi connectivity index (χ1v) is 10.3. The molecule has 0 saturated carbocycles. The Bertz CT molecular complexity index is 1060. The molecule has 152 valence electrons. The largest absolute Gasteiger partial charge is 0.342 e. The number of hydrogen-bond donors (Lipinski definition) is 1. The maximum absolute atomic E-state index is 12.8. The molecule has 7 heteroatoms. The fraction of sp³-hybridized carbons (Fsp3) is 0.304. The van der Waals surface area contributed by atoms with Crippen molar-refractivity contribution >= 4 is 17.5 Å². The van der Waals surface area contributed by atoms with E-state index in [4.69, 9.17) is 0 Å². The molecule has 2 aromatic carbocycles. The van der Waals surface area contributed by atoms with Crippen molar-refractivity contribution in [2.24, 2.45) is 11.8 Å². The monoisotopic (exact) mass is 401 g/mol. The molecule has 1 aromatic heterocycles. The summed E-state index contributed by atoms with van der Waals surface area (Å²) in [6.07, 6.45) is 1.17. The minimum atomic E-state index is -0.256. The summed E-state index contributed by atoms with van der Waals surface area (Å²) in [4.78, 5) is 27.5. The predicted molar refractivity (Wildman–Crippen MR) is 112 cm³/mol. The third kappa shape index (κ3) is 3.58. The number of fused-ring (bicyclic) bond motifs is 2. The van der Waals surface area contributed by atoms with Gasteiger partial charge in [0.1, 0.15) is 5.82 Å². The van der Waals surface area contributed by atoms with Crippen LogP contribution in [0, 0.1) is 11.8 Å². The first-order valence-electron chi connectivity index (χ1n) is 10.3. The number of nitrogens with zero attached hydrogens (tertiary/aromatic N) is 4. The quantitative estimate of drug-likeness (QED) is 0.728. The van der Waals surface area contributed by atoms with Gasteiger partial charge in [0, 0.05) is 31.7 Å². The van der Waals surface area contributed by atoms with Crippen LogP contribution in [0.3, 0.4) is 0 Å². The Morgan fingerprint density at radius 1 is 0.900 bits per heavy atom. The molecule has 0 radical (unpaired) electrons. The van der Waals surface area contributed by atoms with Crippen LogP contribution in [0.15, 0.2) is 60.7 Å². The second-order valence-electron chi connectivity index (χ2n) is 8.06. The van der Waals surface area contributed by atoms with E-state index in [9.17, 15) is 9.59 Å². The van der Waals surface area contributed by atoms with Crippen LogP contribution in [0.1, 0.15) is 22.0 Å². The van der Waals surface area contributed by atoms with Crippen molar-refractivity contribution in [2.45, 2.75) is 19.4 Å². The maximum Gasteiger partial charge on any atom is 0.293 e. The third-order valence-electron chi connectivity index (χ3n) is 6.05. The van der Waals surface area contributed by atoms with Crippen LogP contribution < -0.4 is 5.32 Å². The van der Waals surface area contributed by atoms with Gasteiger partial charge in [-0.25, -0.2) is 0 Å². The summed E-state index contributed by atoms with van der Waals surface area (Å²) in [6, 6.07) is 19.2. The molecule has 2 amide bonds. The van der Waals surface area contributed by atoms with Gasteiger partial charge < -0.3 is 14.8 Å². The number of amides is 2. The SMILES string of the molecule is O=C(Nc1ccccc1)c1nnc2n1C[C@H]1CN(C(=O)Cc3ccccc3)C[C@H]1C2. The summed E-state index contributed by atoms with van der Waals surface area (Å²) in [5, 5.41) is 11.3. The topological polar surface area (TPSA) is 80.1 Å². The van der Waals surface area contributed by atoms with Gasteiger partial charge in [0.2, 0.25) is 11.7 Å². The van der Waals surface area contributed by atoms with Crippen LogP contribution in [0.25, 0.3) is 0 Å². The second kappa shape index (κ2) is 7.74. The first kappa shape index (κ1) is 18.5. The highest BCUT2D eigenvalue weighted by Gasteiger charge is 2.40. The molecular weight excluding hydrogens is 378 g/mol. The fourth-order valence-corrected chi connectivity index (χ4v) is 4.49. The number of carbonyl (C=O) groups is 2. The van der Waals surface area contributed by atoms with Gasteiger partial charge in [0.25, 0.3) is 5.91 Å². The standard InChI is InChI=1S/C23H23N5O2/c29-21(11-16-7-3-1-4-8-16)27-13-17-12-20-25-26-22(28(20)15-18(17)14-27)23(30)24-19-9-5-2-6-10-19/h1-10,17-18H,11-15H2,(H,24,30)/t17-,18-/m1/s1. The van der Waals surface area contributed by atoms with Gasteiger partial charge in [0.05, 0.1) is 6.42 Å². The van der Waals surface area contributed by atoms with Crippen LogP contribution in [0.4, 0.5) is 5.69 Å². The molecule has 3 aromatic rings. The lowest BCUT2D eigenvalue weighted by Gasteiger charge is -2.25. The van der Waals surface area contributed by atoms with Gasteiger partial charge in [-0.05, 0) is 29.5 Å². The number of rotatable bonds is 4. The Morgan fingerprint density at radius 3 is 2.37 bits per heavy atom. The Labute approximate surface area is 174 Å². The van der Waals surface area contributed by atoms with Gasteiger partial charge in [-0.15, -0.1) is 10.2 Å². The molecule has 5 rings (SSSR count). The molecule has 0 unspecified atom stereocenters. The summed E-state index contributed by atoms with van der Waals surface area (Å²) in [5.74, 6) is 1.75. The molecular formula is C23H23N5O2. The molecule has 0 aliphatic carbocycles. The average molecular weight is 401 g/mol. The van der Waals surface area contributed by atoms with E-state index in [-0.39, 0.29) is 11.8 Å². The number of carbonyl (C=O) groups excluding carboxylic acids is 2. The third-order valence-corrected chi connectivity index (χ3v) is 6.05. The molecule has 30 heavy (non-hydrogen) atoms. The average Bonchev–Trinajstić information content (AvgIpc) is 3.37. The van der Waals surface area contributed by atoms with Crippen LogP contribution in [0.2, 0.25) is 0 Å². The molecule has 1 saturated heterocycles. The highest BCUT2D eigenvalue weighted by atomic mass is 16.2. The molecule has 2 aliphatic heterocycles. The molecule has 1 N–H and O–H groups in total. The Hall–Kier alpha value is -3.48. The number of hydrogen-bond acceptors (Lipinski definition) is 4. The molecule has 7 nitrogen and oxygen atoms in total. The van der Waals surface area contributed by atoms with Crippen molar-refractivity contribution in [3.63, 3.8) is 0 Å². The number of benzene rings is 2. The molecule has 0 bridgehead atoms. The number of nitrogens with one attached hydrogen (secondary N) is 1. The van der Waals surface area contributed by atoms with Crippen molar-refractivity contribution in [1.29, 1.82) is 0 Å². The lowest BCUT2D eigenvalue weighted by Crippen LogP contribution is -2.31. The normalized spacial score (nSPS) is 19.8. The van der Waals surface area contributed by atoms with Crippen molar-refractivity contribution in [2.75, 3.05) is 18.4 Å². The van der Waals surface area contributed by atoms with Gasteiger partial charge in [-0.3, -0.25) is 9.59 Å². The minimum absolute atomic E-state index is 0.161. The summed E-state index contributed by atoms with van der Waals surface area (Å²) in [7, 11) is 0. The van der Waals surface area contributed by atoms with Crippen LogP contribution in [-0.4, -0.2) is 44.6 Å². The zero-order chi connectivity index (χ0) is 20.5. The van der Waals surface area contributed by atoms with E-state index in [1.165, 1.54) is 0 Å². The summed E-state index contributed by atoms with van der Waals surface area (Å²) in [5.41, 5.74) is 1.77. The van der Waals surface area contributed by atoms with Gasteiger partial charge in [0.15, 0.2) is 0 Å². The smallest absolute Gasteiger partial charge is 0.293 e. The first-order chi connectivity index (χ1) is 14.7. The lowest BCUT2D eigenvalue weighted by molar-refractivity contribution is -0.129. The van der Waals surface area contributed by atoms with Gasteiger partial charge >= 0.3 is 0 Å². The number of anilines is 1. The van der Waals surface area contributed by atoms with Crippen molar-refractivity contribution < 1.29 is 9.59 Å². The van der Waals surface area contributed by atoms with E-state index in [1.54, 1.807) is 0 Å². The Balaban J connectivity index is 1.27. The van der Waals surface area contributed by atoms with E-state index in [0.29, 0.717) is 37.2 Å². The molecule has 2 aliphatic rings. The van der Waals surface area contributed by atoms with Gasteiger partial charge in [-0.2, -0.15) is 0 Å². The summed E-state index contributed by atoms with van der Waals surface area (Å²) >= 11 is 0. The second-order valence-corrected chi connectivity index (χ2v) is 8.06. The molecule has 1 fully saturated rings. The number of para-hydroxylation sites is 1. The lowest BCUT2D eigenvalue weighted by atomic mass is 9.89. The highest BCUT2D eigenvalue weighted by Crippen LogP contribution is 2.33. The van der Waals surface area contributed by atoms with Crippen LogP contribution in [0.5, 0.6) is 0 Å². The zero-order valence-corrected chi connectivity index (χ0v) is 16.6. The molecule has 0 spiro atoms. The van der Waals surface area contributed by atoms with E-state index in [1.807, 2.05) is 70.1 Å². The molecule has 2 atom stereocenters. The Kier molecular flexibility index (Phi) is 4.78. The highest BCUT2D eigenvalue weighted by molar-refractivity contribution is 6.01. The van der Waals surface area contributed by atoms with Crippen molar-refractivity contribution in [3.05, 3.63) is 77.9 Å². The molecule has 3 heterocycles. The van der Waals surface area contributed by atoms with E-state index < -0.39 is 0 Å². The summed E-state index contributed by atoms with van der Waals surface area (Å²) in [6.45, 7) is 2.13.